The number of anilines is 1. The molecule has 0 aromatic heterocycles. The molecule has 1 aliphatic carbocycles. The van der Waals surface area contributed by atoms with Crippen molar-refractivity contribution in [3.63, 3.8) is 0 Å². The number of hydrogen-bond donors (Lipinski definition) is 1. The second-order valence-corrected chi connectivity index (χ2v) is 9.15. The summed E-state index contributed by atoms with van der Waals surface area (Å²) < 4.78 is 10.8. The molecule has 1 heterocycles. The van der Waals surface area contributed by atoms with E-state index in [0.29, 0.717) is 25.9 Å². The third-order valence-corrected chi connectivity index (χ3v) is 5.51. The summed E-state index contributed by atoms with van der Waals surface area (Å²) in [6.45, 7) is 7.92. The Balaban J connectivity index is 1.45. The zero-order valence-corrected chi connectivity index (χ0v) is 18.3. The summed E-state index contributed by atoms with van der Waals surface area (Å²) >= 11 is 0. The van der Waals surface area contributed by atoms with Gasteiger partial charge in [0.05, 0.1) is 5.92 Å². The molecule has 2 aliphatic rings. The summed E-state index contributed by atoms with van der Waals surface area (Å²) in [5.74, 6) is -1.05. The Morgan fingerprint density at radius 1 is 1.10 bits per heavy atom. The molecule has 1 aliphatic heterocycles. The lowest BCUT2D eigenvalue weighted by molar-refractivity contribution is -0.158. The first kappa shape index (κ1) is 22.1. The molecule has 1 fully saturated rings. The van der Waals surface area contributed by atoms with E-state index in [2.05, 4.69) is 5.32 Å². The van der Waals surface area contributed by atoms with Crippen LogP contribution in [0.5, 0.6) is 0 Å². The van der Waals surface area contributed by atoms with E-state index >= 15 is 0 Å². The minimum absolute atomic E-state index is 0.320. The van der Waals surface area contributed by atoms with Gasteiger partial charge in [-0.05, 0) is 83.1 Å². The summed E-state index contributed by atoms with van der Waals surface area (Å²) in [7, 11) is 0. The van der Waals surface area contributed by atoms with E-state index in [4.69, 9.17) is 9.47 Å². The van der Waals surface area contributed by atoms with E-state index in [1.807, 2.05) is 39.0 Å². The summed E-state index contributed by atoms with van der Waals surface area (Å²) in [5, 5.41) is 2.84. The molecule has 0 saturated carbocycles. The van der Waals surface area contributed by atoms with Crippen molar-refractivity contribution in [2.45, 2.75) is 71.5 Å². The smallest absolute Gasteiger partial charge is 0.410 e. The lowest BCUT2D eigenvalue weighted by Gasteiger charge is -2.32. The lowest BCUT2D eigenvalue weighted by Crippen LogP contribution is -2.43. The van der Waals surface area contributed by atoms with Crippen LogP contribution < -0.4 is 5.32 Å². The fourth-order valence-corrected chi connectivity index (χ4v) is 3.84. The Morgan fingerprint density at radius 2 is 1.77 bits per heavy atom. The molecule has 7 nitrogen and oxygen atoms in total. The number of nitrogens with one attached hydrogen (secondary N) is 1. The van der Waals surface area contributed by atoms with E-state index in [1.54, 1.807) is 11.8 Å². The molecule has 164 valence electrons. The minimum atomic E-state index is -0.880. The molecule has 1 atom stereocenters. The number of nitrogens with zero attached hydrogens (tertiary/aromatic N) is 1. The van der Waals surface area contributed by atoms with Crippen LogP contribution in [0.25, 0.3) is 0 Å². The van der Waals surface area contributed by atoms with Crippen molar-refractivity contribution in [2.24, 2.45) is 5.92 Å². The van der Waals surface area contributed by atoms with Gasteiger partial charge in [0, 0.05) is 18.8 Å². The monoisotopic (exact) mass is 416 g/mol. The van der Waals surface area contributed by atoms with Crippen molar-refractivity contribution < 1.29 is 23.9 Å². The molecular formula is C23H32N2O5. The Labute approximate surface area is 178 Å². The Kier molecular flexibility index (Phi) is 6.68. The highest BCUT2D eigenvalue weighted by atomic mass is 16.6. The van der Waals surface area contributed by atoms with E-state index < -0.39 is 17.7 Å². The van der Waals surface area contributed by atoms with E-state index in [0.717, 1.165) is 24.9 Å². The Morgan fingerprint density at radius 3 is 2.43 bits per heavy atom. The molecule has 30 heavy (non-hydrogen) atoms. The molecule has 0 unspecified atom stereocenters. The number of carbonyl (C=O) groups excluding carboxylic acids is 3. The number of fused-ring (bicyclic) bond motifs is 1. The van der Waals surface area contributed by atoms with Crippen molar-refractivity contribution in [3.8, 4) is 0 Å². The largest absolute Gasteiger partial charge is 0.452 e. The highest BCUT2D eigenvalue weighted by molar-refractivity contribution is 5.95. The van der Waals surface area contributed by atoms with Gasteiger partial charge in [-0.3, -0.25) is 9.59 Å². The summed E-state index contributed by atoms with van der Waals surface area (Å²) in [4.78, 5) is 38.7. The number of carbonyl (C=O) groups is 3. The second kappa shape index (κ2) is 9.06. The van der Waals surface area contributed by atoms with Gasteiger partial charge < -0.3 is 19.7 Å². The standard InChI is InChI=1S/C23H32N2O5/c1-15(20(26)24-19-9-8-16-6-5-7-18(16)14-19)29-21(27)17-10-12-25(13-11-17)22(28)30-23(2,3)4/h8-9,14-15,17H,5-7,10-13H2,1-4H3,(H,24,26)/t15-/m0/s1. The van der Waals surface area contributed by atoms with Crippen LogP contribution in [-0.2, 0) is 31.9 Å². The van der Waals surface area contributed by atoms with Crippen LogP contribution >= 0.6 is 0 Å². The van der Waals surface area contributed by atoms with Crippen molar-refractivity contribution >= 4 is 23.7 Å². The molecule has 7 heteroatoms. The fraction of sp³-hybridized carbons (Fsp3) is 0.609. The van der Waals surface area contributed by atoms with E-state index in [1.165, 1.54) is 11.1 Å². The maximum atomic E-state index is 12.5. The van der Waals surface area contributed by atoms with E-state index in [9.17, 15) is 14.4 Å². The number of rotatable bonds is 4. The van der Waals surface area contributed by atoms with Crippen LogP contribution in [0, 0.1) is 5.92 Å². The van der Waals surface area contributed by atoms with Gasteiger partial charge in [0.15, 0.2) is 6.10 Å². The molecule has 1 aromatic rings. The van der Waals surface area contributed by atoms with Crippen LogP contribution in [0.2, 0.25) is 0 Å². The van der Waals surface area contributed by atoms with Crippen LogP contribution in [0.4, 0.5) is 10.5 Å². The molecule has 0 bridgehead atoms. The summed E-state index contributed by atoms with van der Waals surface area (Å²) in [5.41, 5.74) is 2.79. The lowest BCUT2D eigenvalue weighted by atomic mass is 9.97. The first-order valence-corrected chi connectivity index (χ1v) is 10.7. The van der Waals surface area contributed by atoms with Crippen molar-refractivity contribution in [2.75, 3.05) is 18.4 Å². The highest BCUT2D eigenvalue weighted by Crippen LogP contribution is 2.25. The normalized spacial score (nSPS) is 17.8. The van der Waals surface area contributed by atoms with Gasteiger partial charge in [-0.15, -0.1) is 0 Å². The topological polar surface area (TPSA) is 84.9 Å². The van der Waals surface area contributed by atoms with E-state index in [-0.39, 0.29) is 17.9 Å². The number of esters is 1. The average molecular weight is 417 g/mol. The first-order valence-electron chi connectivity index (χ1n) is 10.7. The van der Waals surface area contributed by atoms with Gasteiger partial charge in [-0.25, -0.2) is 4.79 Å². The molecule has 1 saturated heterocycles. The number of likely N-dealkylation sites (tertiary alicyclic amines) is 1. The third-order valence-electron chi connectivity index (χ3n) is 5.51. The van der Waals surface area contributed by atoms with Crippen molar-refractivity contribution in [1.29, 1.82) is 0 Å². The number of hydrogen-bond acceptors (Lipinski definition) is 5. The van der Waals surface area contributed by atoms with Crippen molar-refractivity contribution in [3.05, 3.63) is 29.3 Å². The minimum Gasteiger partial charge on any atom is -0.452 e. The zero-order valence-electron chi connectivity index (χ0n) is 18.3. The molecule has 2 amide bonds. The molecule has 0 spiro atoms. The Bertz CT molecular complexity index is 806. The molecule has 0 radical (unpaired) electrons. The van der Waals surface area contributed by atoms with Crippen LogP contribution in [-0.4, -0.2) is 47.7 Å². The van der Waals surface area contributed by atoms with Crippen LogP contribution in [0.15, 0.2) is 18.2 Å². The van der Waals surface area contributed by atoms with Gasteiger partial charge in [-0.1, -0.05) is 6.07 Å². The van der Waals surface area contributed by atoms with Gasteiger partial charge in [-0.2, -0.15) is 0 Å². The maximum absolute atomic E-state index is 12.5. The zero-order chi connectivity index (χ0) is 21.9. The second-order valence-electron chi connectivity index (χ2n) is 9.15. The van der Waals surface area contributed by atoms with Gasteiger partial charge in [0.2, 0.25) is 0 Å². The summed E-state index contributed by atoms with van der Waals surface area (Å²) in [6, 6.07) is 5.94. The number of benzene rings is 1. The Hall–Kier alpha value is -2.57. The number of ether oxygens (including phenoxy) is 2. The number of piperidine rings is 1. The number of aryl methyl sites for hydroxylation is 2. The maximum Gasteiger partial charge on any atom is 0.410 e. The molecule has 1 aromatic carbocycles. The highest BCUT2D eigenvalue weighted by Gasteiger charge is 2.32. The quantitative estimate of drug-likeness (QED) is 0.757. The van der Waals surface area contributed by atoms with Gasteiger partial charge in [0.25, 0.3) is 5.91 Å². The van der Waals surface area contributed by atoms with Gasteiger partial charge >= 0.3 is 12.1 Å². The van der Waals surface area contributed by atoms with Crippen LogP contribution in [0.1, 0.15) is 58.1 Å². The SMILES string of the molecule is C[C@H](OC(=O)C1CCN(C(=O)OC(C)(C)C)CC1)C(=O)Nc1ccc2c(c1)CCC2. The molecule has 3 rings (SSSR count). The first-order chi connectivity index (χ1) is 14.1. The fourth-order valence-electron chi connectivity index (χ4n) is 3.84. The van der Waals surface area contributed by atoms with Crippen molar-refractivity contribution in [1.82, 2.24) is 4.90 Å². The average Bonchev–Trinajstić information content (AvgIpc) is 3.14. The number of amides is 2. The molecular weight excluding hydrogens is 384 g/mol. The molecule has 1 N–H and O–H groups in total. The predicted octanol–water partition coefficient (Wildman–Crippen LogP) is 3.69. The predicted molar refractivity (Wildman–Crippen MR) is 113 cm³/mol. The summed E-state index contributed by atoms with van der Waals surface area (Å²) in [6.07, 6.45) is 3.02. The van der Waals surface area contributed by atoms with Gasteiger partial charge in [0.1, 0.15) is 5.60 Å². The third kappa shape index (κ3) is 5.74. The van der Waals surface area contributed by atoms with Crippen LogP contribution in [0.3, 0.4) is 0 Å².